The third kappa shape index (κ3) is 4.43. The molecule has 0 fully saturated rings. The zero-order valence-corrected chi connectivity index (χ0v) is 27.7. The van der Waals surface area contributed by atoms with E-state index in [2.05, 4.69) is 10.1 Å². The van der Waals surface area contributed by atoms with Crippen molar-refractivity contribution >= 4 is 17.1 Å². The minimum atomic E-state index is -1.39. The Morgan fingerprint density at radius 2 is 0.868 bits per heavy atom. The number of aromatic hydroxyl groups is 13. The molecule has 0 saturated carbocycles. The van der Waals surface area contributed by atoms with Crippen molar-refractivity contribution in [3.63, 3.8) is 0 Å². The van der Waals surface area contributed by atoms with E-state index in [1.54, 1.807) is 36.4 Å². The van der Waals surface area contributed by atoms with Crippen LogP contribution >= 0.6 is 0 Å². The predicted molar refractivity (Wildman–Crippen MR) is 185 cm³/mol. The van der Waals surface area contributed by atoms with Gasteiger partial charge in [-0.1, -0.05) is 50.2 Å². The molecule has 5 aromatic carbocycles. The van der Waals surface area contributed by atoms with Crippen LogP contribution in [0.15, 0.2) is 48.5 Å². The standard InChI is InChI=1S/C36H30N4O13/c1-12-21(41)25(45)18(26(46)22(12)42)35-37-34(38-40(35)20-29(49)31(51)33(53)32(52)30(20)50)17-23(43)27(47)19(28(48)24(17)44)39-15-10-6-4-8-13(15)36(2,3)14-9-5-7-11-16(14)39/h4-11,41-53H,1-3H3. The maximum absolute atomic E-state index is 11.6. The Labute approximate surface area is 297 Å². The highest BCUT2D eigenvalue weighted by Crippen LogP contribution is 2.62. The molecule has 17 nitrogen and oxygen atoms in total. The molecule has 0 saturated heterocycles. The fourth-order valence-corrected chi connectivity index (χ4v) is 6.66. The summed E-state index contributed by atoms with van der Waals surface area (Å²) in [6.45, 7) is 5.08. The number of para-hydroxylation sites is 2. The van der Waals surface area contributed by atoms with Gasteiger partial charge in [-0.05, 0) is 30.2 Å². The van der Waals surface area contributed by atoms with Gasteiger partial charge in [-0.25, -0.2) is 9.67 Å². The number of anilines is 3. The van der Waals surface area contributed by atoms with E-state index in [0.29, 0.717) is 16.1 Å². The Morgan fingerprint density at radius 1 is 0.472 bits per heavy atom. The summed E-state index contributed by atoms with van der Waals surface area (Å²) in [6, 6.07) is 14.1. The average molecular weight is 727 g/mol. The average Bonchev–Trinajstić information content (AvgIpc) is 3.55. The molecule has 272 valence electrons. The maximum atomic E-state index is 11.6. The molecule has 0 radical (unpaired) electrons. The number of hydrogen-bond acceptors (Lipinski definition) is 16. The highest BCUT2D eigenvalue weighted by Gasteiger charge is 2.41. The van der Waals surface area contributed by atoms with Gasteiger partial charge in [0.2, 0.25) is 17.2 Å². The van der Waals surface area contributed by atoms with Crippen LogP contribution in [0.4, 0.5) is 17.1 Å². The normalized spacial score (nSPS) is 13.2. The van der Waals surface area contributed by atoms with Crippen LogP contribution in [-0.2, 0) is 5.41 Å². The van der Waals surface area contributed by atoms with Gasteiger partial charge in [0.15, 0.2) is 74.8 Å². The first kappa shape index (κ1) is 33.9. The summed E-state index contributed by atoms with van der Waals surface area (Å²) in [5.74, 6) is -17.2. The third-order valence-corrected chi connectivity index (χ3v) is 9.48. The Hall–Kier alpha value is -7.56. The van der Waals surface area contributed by atoms with Crippen LogP contribution in [0, 0.1) is 6.92 Å². The van der Waals surface area contributed by atoms with Gasteiger partial charge in [0.05, 0.1) is 11.4 Å². The van der Waals surface area contributed by atoms with Gasteiger partial charge in [-0.2, -0.15) is 0 Å². The van der Waals surface area contributed by atoms with Crippen molar-refractivity contribution in [1.82, 2.24) is 14.8 Å². The lowest BCUT2D eigenvalue weighted by atomic mass is 9.73. The molecule has 0 unspecified atom stereocenters. The van der Waals surface area contributed by atoms with Crippen LogP contribution in [-0.4, -0.2) is 81.1 Å². The Balaban J connectivity index is 1.54. The molecular weight excluding hydrogens is 696 g/mol. The van der Waals surface area contributed by atoms with E-state index in [4.69, 9.17) is 0 Å². The Kier molecular flexibility index (Phi) is 7.18. The summed E-state index contributed by atoms with van der Waals surface area (Å²) >= 11 is 0. The SMILES string of the molecule is Cc1c(O)c(O)c(-c2nc(-c3c(O)c(O)c(N4c5ccccc5C(C)(C)c5ccccc54)c(O)c3O)nn2-c2c(O)c(O)c(O)c(O)c2O)c(O)c1O. The van der Waals surface area contributed by atoms with Crippen LogP contribution in [0.2, 0.25) is 0 Å². The smallest absolute Gasteiger partial charge is 0.208 e. The zero-order chi connectivity index (χ0) is 38.6. The fraction of sp³-hybridized carbons (Fsp3) is 0.111. The third-order valence-electron chi connectivity index (χ3n) is 9.48. The molecule has 1 aromatic heterocycles. The Bertz CT molecular complexity index is 2340. The van der Waals surface area contributed by atoms with E-state index in [1.165, 1.54) is 4.90 Å². The Morgan fingerprint density at radius 3 is 1.34 bits per heavy atom. The minimum absolute atomic E-state index is 0.321. The summed E-state index contributed by atoms with van der Waals surface area (Å²) in [7, 11) is 0. The summed E-state index contributed by atoms with van der Waals surface area (Å²) in [5, 5.41) is 145. The van der Waals surface area contributed by atoms with Crippen LogP contribution in [0.3, 0.4) is 0 Å². The number of nitrogens with zero attached hydrogens (tertiary/aromatic N) is 4. The number of aromatic nitrogens is 3. The van der Waals surface area contributed by atoms with Crippen LogP contribution in [0.25, 0.3) is 28.5 Å². The molecule has 53 heavy (non-hydrogen) atoms. The second-order valence-electron chi connectivity index (χ2n) is 12.8. The molecule has 13 N–H and O–H groups in total. The molecule has 0 atom stereocenters. The van der Waals surface area contributed by atoms with Crippen molar-refractivity contribution in [2.45, 2.75) is 26.2 Å². The largest absolute Gasteiger partial charge is 0.504 e. The van der Waals surface area contributed by atoms with Gasteiger partial charge in [0.1, 0.15) is 16.8 Å². The molecular formula is C36H30N4O13. The lowest BCUT2D eigenvalue weighted by molar-refractivity contribution is 0.326. The summed E-state index contributed by atoms with van der Waals surface area (Å²) in [4.78, 5) is 5.49. The molecule has 1 aliphatic heterocycles. The molecule has 1 aliphatic rings. The molecule has 6 aromatic rings. The van der Waals surface area contributed by atoms with Crippen molar-refractivity contribution in [1.29, 1.82) is 0 Å². The maximum Gasteiger partial charge on any atom is 0.208 e. The van der Waals surface area contributed by atoms with Crippen molar-refractivity contribution in [3.05, 3.63) is 65.2 Å². The highest BCUT2D eigenvalue weighted by atomic mass is 16.4. The first-order valence-corrected chi connectivity index (χ1v) is 15.6. The van der Waals surface area contributed by atoms with Crippen LogP contribution < -0.4 is 4.90 Å². The monoisotopic (exact) mass is 726 g/mol. The van der Waals surface area contributed by atoms with Crippen LogP contribution in [0.1, 0.15) is 30.5 Å². The van der Waals surface area contributed by atoms with Gasteiger partial charge in [0.25, 0.3) is 0 Å². The second kappa shape index (κ2) is 11.2. The molecule has 7 rings (SSSR count). The lowest BCUT2D eigenvalue weighted by Crippen LogP contribution is -2.30. The molecule has 0 bridgehead atoms. The number of phenols is 13. The highest BCUT2D eigenvalue weighted by molar-refractivity contribution is 5.96. The van der Waals surface area contributed by atoms with Crippen molar-refractivity contribution in [2.24, 2.45) is 0 Å². The van der Waals surface area contributed by atoms with Gasteiger partial charge in [-0.3, -0.25) is 0 Å². The molecule has 0 aliphatic carbocycles. The van der Waals surface area contributed by atoms with E-state index >= 15 is 0 Å². The first-order chi connectivity index (χ1) is 24.9. The van der Waals surface area contributed by atoms with Crippen molar-refractivity contribution in [3.8, 4) is 103 Å². The molecule has 2 heterocycles. The minimum Gasteiger partial charge on any atom is -0.504 e. The lowest BCUT2D eigenvalue weighted by Gasteiger charge is -2.42. The number of benzene rings is 5. The van der Waals surface area contributed by atoms with Crippen LogP contribution in [0.5, 0.6) is 74.7 Å². The van der Waals surface area contributed by atoms with Crippen molar-refractivity contribution in [2.75, 3.05) is 4.90 Å². The molecule has 0 amide bonds. The quantitative estimate of drug-likeness (QED) is 0.0821. The van der Waals surface area contributed by atoms with Gasteiger partial charge < -0.3 is 71.3 Å². The zero-order valence-electron chi connectivity index (χ0n) is 27.7. The van der Waals surface area contributed by atoms with Gasteiger partial charge >= 0.3 is 0 Å². The predicted octanol–water partition coefficient (Wildman–Crippen LogP) is 5.19. The number of fused-ring (bicyclic) bond motifs is 2. The fourth-order valence-electron chi connectivity index (χ4n) is 6.66. The topological polar surface area (TPSA) is 297 Å². The second-order valence-corrected chi connectivity index (χ2v) is 12.8. The van der Waals surface area contributed by atoms with E-state index in [9.17, 15) is 66.4 Å². The van der Waals surface area contributed by atoms with Gasteiger partial charge in [-0.15, -0.1) is 5.10 Å². The summed E-state index contributed by atoms with van der Waals surface area (Å²) < 4.78 is 0.321. The van der Waals surface area contributed by atoms with Gasteiger partial charge in [0, 0.05) is 11.0 Å². The molecule has 17 heteroatoms. The van der Waals surface area contributed by atoms with Crippen molar-refractivity contribution < 1.29 is 66.4 Å². The number of rotatable bonds is 4. The van der Waals surface area contributed by atoms with E-state index in [0.717, 1.165) is 18.1 Å². The first-order valence-electron chi connectivity index (χ1n) is 15.6. The number of phenolic OH excluding ortho intramolecular Hbond substituents is 13. The summed E-state index contributed by atoms with van der Waals surface area (Å²) in [5.41, 5.74) is -1.89. The number of hydrogen-bond donors (Lipinski definition) is 13. The van der Waals surface area contributed by atoms with E-state index in [1.807, 2.05) is 26.0 Å². The van der Waals surface area contributed by atoms with E-state index in [-0.39, 0.29) is 0 Å². The van der Waals surface area contributed by atoms with E-state index < -0.39 is 120 Å². The molecule has 0 spiro atoms. The summed E-state index contributed by atoms with van der Waals surface area (Å²) in [6.07, 6.45) is 0.